The van der Waals surface area contributed by atoms with E-state index in [9.17, 15) is 19.2 Å². The van der Waals surface area contributed by atoms with Crippen LogP contribution in [0.5, 0.6) is 0 Å². The number of hydrogen-bond acceptors (Lipinski definition) is 10. The quantitative estimate of drug-likeness (QED) is 0.456. The molecule has 1 aromatic heterocycles. The number of H-pyrrole nitrogens is 1. The first-order valence-electron chi connectivity index (χ1n) is 7.54. The first kappa shape index (κ1) is 19.3. The molecule has 12 nitrogen and oxygen atoms in total. The molecule has 0 bridgehead atoms. The molecule has 0 aliphatic carbocycles. The Morgan fingerprint density at radius 1 is 1.08 bits per heavy atom. The fourth-order valence-corrected chi connectivity index (χ4v) is 2.45. The third-order valence-corrected chi connectivity index (χ3v) is 3.36. The van der Waals surface area contributed by atoms with Gasteiger partial charge in [0.15, 0.2) is 24.1 Å². The van der Waals surface area contributed by atoms with Gasteiger partial charge < -0.3 is 24.7 Å². The zero-order valence-corrected chi connectivity index (χ0v) is 14.3. The number of carbonyl (C=O) groups is 4. The molecule has 1 amide bonds. The van der Waals surface area contributed by atoms with Crippen molar-refractivity contribution in [3.8, 4) is 0 Å². The third-order valence-electron chi connectivity index (χ3n) is 3.36. The van der Waals surface area contributed by atoms with Gasteiger partial charge in [-0.15, -0.1) is 5.10 Å². The van der Waals surface area contributed by atoms with Gasteiger partial charge >= 0.3 is 17.9 Å². The SMILES string of the molecule is CC(=O)OC[C@H]1O[C@@H](c2nc(C(N)=O)n[nH]2)[C@H](OC(C)=O)[C@@H]1OC(C)=O. The molecular weight excluding hydrogens is 352 g/mol. The zero-order valence-electron chi connectivity index (χ0n) is 14.3. The molecule has 1 fully saturated rings. The van der Waals surface area contributed by atoms with E-state index in [-0.39, 0.29) is 18.3 Å². The van der Waals surface area contributed by atoms with Gasteiger partial charge in [-0.3, -0.25) is 24.3 Å². The van der Waals surface area contributed by atoms with Crippen LogP contribution in [0.4, 0.5) is 0 Å². The van der Waals surface area contributed by atoms with Gasteiger partial charge in [-0.05, 0) is 0 Å². The van der Waals surface area contributed by atoms with Crippen LogP contribution in [0.15, 0.2) is 0 Å². The monoisotopic (exact) mass is 370 g/mol. The number of carbonyl (C=O) groups excluding carboxylic acids is 4. The molecule has 1 aliphatic rings. The van der Waals surface area contributed by atoms with E-state index in [1.165, 1.54) is 13.8 Å². The Bertz CT molecular complexity index is 718. The fraction of sp³-hybridized carbons (Fsp3) is 0.571. The summed E-state index contributed by atoms with van der Waals surface area (Å²) in [4.78, 5) is 49.0. The Labute approximate surface area is 147 Å². The highest BCUT2D eigenvalue weighted by Gasteiger charge is 2.51. The molecule has 1 aromatic rings. The van der Waals surface area contributed by atoms with Gasteiger partial charge in [0, 0.05) is 20.8 Å². The summed E-state index contributed by atoms with van der Waals surface area (Å²) in [5.41, 5.74) is 5.11. The van der Waals surface area contributed by atoms with Gasteiger partial charge in [-0.1, -0.05) is 0 Å². The van der Waals surface area contributed by atoms with E-state index in [2.05, 4.69) is 15.2 Å². The van der Waals surface area contributed by atoms with Crippen molar-refractivity contribution in [3.05, 3.63) is 11.6 Å². The van der Waals surface area contributed by atoms with Gasteiger partial charge in [-0.2, -0.15) is 0 Å². The lowest BCUT2D eigenvalue weighted by molar-refractivity contribution is -0.165. The van der Waals surface area contributed by atoms with Crippen molar-refractivity contribution in [1.29, 1.82) is 0 Å². The minimum atomic E-state index is -1.11. The Hall–Kier alpha value is -3.02. The van der Waals surface area contributed by atoms with E-state index in [0.29, 0.717) is 0 Å². The van der Waals surface area contributed by atoms with E-state index in [1.54, 1.807) is 0 Å². The molecule has 142 valence electrons. The van der Waals surface area contributed by atoms with Gasteiger partial charge in [0.1, 0.15) is 12.7 Å². The second-order valence-corrected chi connectivity index (χ2v) is 5.45. The largest absolute Gasteiger partial charge is 0.463 e. The summed E-state index contributed by atoms with van der Waals surface area (Å²) in [6.07, 6.45) is -4.16. The number of primary amides is 1. The predicted octanol–water partition coefficient (Wildman–Crippen LogP) is -1.23. The maximum Gasteiger partial charge on any atom is 0.303 e. The molecule has 3 N–H and O–H groups in total. The number of ether oxygens (including phenoxy) is 4. The molecule has 1 aliphatic heterocycles. The molecule has 12 heteroatoms. The van der Waals surface area contributed by atoms with E-state index >= 15 is 0 Å². The third kappa shape index (κ3) is 4.53. The number of aromatic nitrogens is 3. The second kappa shape index (κ2) is 7.91. The van der Waals surface area contributed by atoms with Crippen LogP contribution in [-0.4, -0.2) is 63.9 Å². The van der Waals surface area contributed by atoms with E-state index in [4.69, 9.17) is 24.7 Å². The summed E-state index contributed by atoms with van der Waals surface area (Å²) in [6.45, 7) is 3.28. The van der Waals surface area contributed by atoms with Crippen LogP contribution in [0.25, 0.3) is 0 Å². The summed E-state index contributed by atoms with van der Waals surface area (Å²) in [7, 11) is 0. The molecule has 0 saturated carbocycles. The molecule has 0 radical (unpaired) electrons. The Morgan fingerprint density at radius 2 is 1.69 bits per heavy atom. The highest BCUT2D eigenvalue weighted by Crippen LogP contribution is 2.36. The smallest absolute Gasteiger partial charge is 0.303 e. The number of nitrogens with two attached hydrogens (primary N) is 1. The number of nitrogens with zero attached hydrogens (tertiary/aromatic N) is 2. The Kier molecular flexibility index (Phi) is 5.87. The van der Waals surface area contributed by atoms with Crippen LogP contribution in [0, 0.1) is 0 Å². The number of hydrogen-bond donors (Lipinski definition) is 2. The number of nitrogens with one attached hydrogen (secondary N) is 1. The molecule has 2 rings (SSSR count). The summed E-state index contributed by atoms with van der Waals surface area (Å²) in [6, 6.07) is 0. The van der Waals surface area contributed by atoms with E-state index in [1.807, 2.05) is 0 Å². The zero-order chi connectivity index (χ0) is 19.4. The van der Waals surface area contributed by atoms with Crippen molar-refractivity contribution in [3.63, 3.8) is 0 Å². The maximum absolute atomic E-state index is 11.5. The van der Waals surface area contributed by atoms with Crippen molar-refractivity contribution in [2.75, 3.05) is 6.61 Å². The van der Waals surface area contributed by atoms with Crippen molar-refractivity contribution < 1.29 is 38.1 Å². The number of rotatable bonds is 6. The lowest BCUT2D eigenvalue weighted by atomic mass is 10.1. The molecular formula is C14H18N4O8. The Morgan fingerprint density at radius 3 is 2.19 bits per heavy atom. The summed E-state index contributed by atoms with van der Waals surface area (Å²) >= 11 is 0. The summed E-state index contributed by atoms with van der Waals surface area (Å²) in [5, 5.41) is 6.10. The predicted molar refractivity (Wildman–Crippen MR) is 80.3 cm³/mol. The second-order valence-electron chi connectivity index (χ2n) is 5.45. The highest BCUT2D eigenvalue weighted by atomic mass is 16.6. The van der Waals surface area contributed by atoms with Crippen LogP contribution in [0.2, 0.25) is 0 Å². The van der Waals surface area contributed by atoms with E-state index < -0.39 is 48.2 Å². The maximum atomic E-state index is 11.5. The first-order valence-corrected chi connectivity index (χ1v) is 7.54. The number of amides is 1. The molecule has 1 saturated heterocycles. The van der Waals surface area contributed by atoms with Gasteiger partial charge in [0.2, 0.25) is 5.82 Å². The standard InChI is InChI=1S/C14H18N4O8/c1-5(19)23-4-8-9(24-6(2)20)10(25-7(3)21)11(26-8)13-16-14(12(15)22)18-17-13/h8-11H,4H2,1-3H3,(H2,15,22)(H,16,17,18)/t8-,9-,10-,11-/m1/s1. The molecule has 0 unspecified atom stereocenters. The molecule has 2 heterocycles. The summed E-state index contributed by atoms with van der Waals surface area (Å²) in [5.74, 6) is -3.02. The molecule has 0 aromatic carbocycles. The van der Waals surface area contributed by atoms with Crippen LogP contribution in [0.1, 0.15) is 43.3 Å². The average Bonchev–Trinajstić information content (AvgIpc) is 3.11. The lowest BCUT2D eigenvalue weighted by Gasteiger charge is -2.22. The number of aromatic amines is 1. The molecule has 4 atom stereocenters. The molecule has 26 heavy (non-hydrogen) atoms. The average molecular weight is 370 g/mol. The van der Waals surface area contributed by atoms with Gasteiger partial charge in [-0.25, -0.2) is 4.98 Å². The highest BCUT2D eigenvalue weighted by molar-refractivity contribution is 5.88. The van der Waals surface area contributed by atoms with Crippen LogP contribution in [-0.2, 0) is 33.3 Å². The van der Waals surface area contributed by atoms with Crippen LogP contribution >= 0.6 is 0 Å². The van der Waals surface area contributed by atoms with Crippen molar-refractivity contribution in [2.24, 2.45) is 5.73 Å². The number of esters is 3. The minimum absolute atomic E-state index is 0.0347. The fourth-order valence-electron chi connectivity index (χ4n) is 2.45. The minimum Gasteiger partial charge on any atom is -0.463 e. The van der Waals surface area contributed by atoms with Crippen molar-refractivity contribution >= 4 is 23.8 Å². The van der Waals surface area contributed by atoms with E-state index in [0.717, 1.165) is 6.92 Å². The topological polar surface area (TPSA) is 173 Å². The van der Waals surface area contributed by atoms with Crippen molar-refractivity contribution in [2.45, 2.75) is 45.2 Å². The first-order chi connectivity index (χ1) is 12.2. The van der Waals surface area contributed by atoms with Gasteiger partial charge in [0.05, 0.1) is 0 Å². The molecule has 0 spiro atoms. The van der Waals surface area contributed by atoms with Crippen molar-refractivity contribution in [1.82, 2.24) is 15.2 Å². The van der Waals surface area contributed by atoms with Crippen LogP contribution in [0.3, 0.4) is 0 Å². The Balaban J connectivity index is 2.33. The lowest BCUT2D eigenvalue weighted by Crippen LogP contribution is -2.40. The summed E-state index contributed by atoms with van der Waals surface area (Å²) < 4.78 is 21.0. The normalized spacial score (nSPS) is 24.7. The van der Waals surface area contributed by atoms with Crippen LogP contribution < -0.4 is 5.73 Å². The van der Waals surface area contributed by atoms with Gasteiger partial charge in [0.25, 0.3) is 5.91 Å².